The minimum absolute atomic E-state index is 0.0958. The largest absolute Gasteiger partial charge is 0.507 e. The summed E-state index contributed by atoms with van der Waals surface area (Å²) >= 11 is 3.00. The molecule has 1 aliphatic rings. The number of thiophene rings is 2. The van der Waals surface area contributed by atoms with E-state index in [0.29, 0.717) is 28.3 Å². The van der Waals surface area contributed by atoms with Gasteiger partial charge in [-0.25, -0.2) is 5.01 Å². The highest BCUT2D eigenvalue weighted by Crippen LogP contribution is 2.38. The van der Waals surface area contributed by atoms with Crippen LogP contribution in [0, 0.1) is 0 Å². The zero-order valence-electron chi connectivity index (χ0n) is 14.0. The first-order valence-electron chi connectivity index (χ1n) is 8.02. The average Bonchev–Trinajstić information content (AvgIpc) is 3.41. The van der Waals surface area contributed by atoms with Crippen molar-refractivity contribution >= 4 is 34.3 Å². The maximum absolute atomic E-state index is 12.9. The monoisotopic (exact) mass is 384 g/mol. The van der Waals surface area contributed by atoms with Crippen molar-refractivity contribution in [2.45, 2.75) is 12.5 Å². The van der Waals surface area contributed by atoms with Crippen LogP contribution in [0.15, 0.2) is 58.3 Å². The molecule has 132 valence electrons. The lowest BCUT2D eigenvalue weighted by molar-refractivity contribution is 0.0719. The lowest BCUT2D eigenvalue weighted by Gasteiger charge is -2.19. The summed E-state index contributed by atoms with van der Waals surface area (Å²) in [6.07, 6.45) is 0.553. The van der Waals surface area contributed by atoms with Crippen LogP contribution in [-0.4, -0.2) is 28.8 Å². The molecule has 1 aromatic carbocycles. The Labute approximate surface area is 158 Å². The third kappa shape index (κ3) is 3.00. The Bertz CT molecular complexity index is 949. The molecule has 0 radical (unpaired) electrons. The molecule has 1 amide bonds. The number of carbonyl (C=O) groups excluding carboxylic acids is 1. The molecule has 3 aromatic rings. The first-order valence-corrected chi connectivity index (χ1v) is 9.78. The fourth-order valence-corrected chi connectivity index (χ4v) is 4.43. The van der Waals surface area contributed by atoms with E-state index in [-0.39, 0.29) is 17.7 Å². The van der Waals surface area contributed by atoms with Crippen LogP contribution in [0.5, 0.6) is 11.5 Å². The van der Waals surface area contributed by atoms with Gasteiger partial charge in [-0.05, 0) is 35.0 Å². The van der Waals surface area contributed by atoms with Crippen LogP contribution in [-0.2, 0) is 0 Å². The van der Waals surface area contributed by atoms with E-state index < -0.39 is 0 Å². The molecule has 4 rings (SSSR count). The number of hydrogen-bond acceptors (Lipinski definition) is 6. The Morgan fingerprint density at radius 2 is 2.04 bits per heavy atom. The van der Waals surface area contributed by atoms with Crippen molar-refractivity contribution in [3.63, 3.8) is 0 Å². The summed E-state index contributed by atoms with van der Waals surface area (Å²) in [5, 5.41) is 20.3. The summed E-state index contributed by atoms with van der Waals surface area (Å²) in [5.41, 5.74) is 1.31. The van der Waals surface area contributed by atoms with Crippen molar-refractivity contribution < 1.29 is 14.6 Å². The number of nitrogens with zero attached hydrogens (tertiary/aromatic N) is 2. The van der Waals surface area contributed by atoms with E-state index in [1.165, 1.54) is 16.3 Å². The van der Waals surface area contributed by atoms with Crippen LogP contribution in [0.1, 0.15) is 32.6 Å². The molecule has 0 fully saturated rings. The highest BCUT2D eigenvalue weighted by atomic mass is 32.1. The molecular weight excluding hydrogens is 368 g/mol. The van der Waals surface area contributed by atoms with E-state index in [9.17, 15) is 9.90 Å². The number of carbonyl (C=O) groups is 1. The molecule has 1 atom stereocenters. The number of ether oxygens (including phenoxy) is 1. The van der Waals surface area contributed by atoms with Crippen molar-refractivity contribution in [3.8, 4) is 11.5 Å². The van der Waals surface area contributed by atoms with Gasteiger partial charge in [0.15, 0.2) is 0 Å². The van der Waals surface area contributed by atoms with Crippen molar-refractivity contribution in [1.82, 2.24) is 5.01 Å². The standard InChI is InChI=1S/C19H16N2O3S2/c1-24-12-6-7-13(16(22)10-12)14-11-15(17-4-2-8-25-17)21(20-14)19(23)18-5-3-9-26-18/h2-10,15,22H,11H2,1H3/t15-/m0/s1. The number of benzene rings is 1. The molecule has 5 nitrogen and oxygen atoms in total. The van der Waals surface area contributed by atoms with Crippen molar-refractivity contribution in [1.29, 1.82) is 0 Å². The number of hydrazone groups is 1. The van der Waals surface area contributed by atoms with Crippen LogP contribution in [0.3, 0.4) is 0 Å². The average molecular weight is 384 g/mol. The van der Waals surface area contributed by atoms with Gasteiger partial charge >= 0.3 is 0 Å². The Hall–Kier alpha value is -2.64. The van der Waals surface area contributed by atoms with Crippen molar-refractivity contribution in [3.05, 3.63) is 68.5 Å². The van der Waals surface area contributed by atoms with E-state index in [0.717, 1.165) is 4.88 Å². The van der Waals surface area contributed by atoms with Gasteiger partial charge < -0.3 is 9.84 Å². The maximum atomic E-state index is 12.9. The lowest BCUT2D eigenvalue weighted by atomic mass is 10.0. The number of hydrogen-bond donors (Lipinski definition) is 1. The van der Waals surface area contributed by atoms with Gasteiger partial charge in [0.1, 0.15) is 11.5 Å². The minimum Gasteiger partial charge on any atom is -0.507 e. The van der Waals surface area contributed by atoms with Crippen molar-refractivity contribution in [2.24, 2.45) is 5.10 Å². The third-order valence-corrected chi connectivity index (χ3v) is 6.07. The Balaban J connectivity index is 1.72. The lowest BCUT2D eigenvalue weighted by Crippen LogP contribution is -2.25. The molecule has 0 saturated carbocycles. The Kier molecular flexibility index (Phi) is 4.48. The van der Waals surface area contributed by atoms with Crippen LogP contribution >= 0.6 is 22.7 Å². The number of amides is 1. The summed E-state index contributed by atoms with van der Waals surface area (Å²) in [6.45, 7) is 0. The SMILES string of the molecule is COc1ccc(C2=NN(C(=O)c3cccs3)[C@H](c3cccs3)C2)c(O)c1. The van der Waals surface area contributed by atoms with Crippen LogP contribution < -0.4 is 4.74 Å². The van der Waals surface area contributed by atoms with Gasteiger partial charge in [-0.2, -0.15) is 5.10 Å². The van der Waals surface area contributed by atoms with Gasteiger partial charge in [-0.15, -0.1) is 22.7 Å². The summed E-state index contributed by atoms with van der Waals surface area (Å²) in [5.74, 6) is 0.547. The molecule has 2 aromatic heterocycles. The normalized spacial score (nSPS) is 16.6. The molecule has 3 heterocycles. The number of phenolic OH excluding ortho intramolecular Hbond substituents is 1. The van der Waals surface area contributed by atoms with Gasteiger partial charge in [-0.3, -0.25) is 4.79 Å². The quantitative estimate of drug-likeness (QED) is 0.720. The highest BCUT2D eigenvalue weighted by Gasteiger charge is 2.35. The number of methoxy groups -OCH3 is 1. The van der Waals surface area contributed by atoms with E-state index >= 15 is 0 Å². The van der Waals surface area contributed by atoms with Gasteiger partial charge in [0.2, 0.25) is 0 Å². The molecule has 0 bridgehead atoms. The molecule has 0 aliphatic carbocycles. The molecule has 0 saturated heterocycles. The summed E-state index contributed by atoms with van der Waals surface area (Å²) in [7, 11) is 1.55. The zero-order chi connectivity index (χ0) is 18.1. The molecule has 1 aliphatic heterocycles. The van der Waals surface area contributed by atoms with Gasteiger partial charge in [0.05, 0.1) is 23.7 Å². The maximum Gasteiger partial charge on any atom is 0.284 e. The zero-order valence-corrected chi connectivity index (χ0v) is 15.6. The molecule has 1 N–H and O–H groups in total. The van der Waals surface area contributed by atoms with Gasteiger partial charge in [-0.1, -0.05) is 12.1 Å². The van der Waals surface area contributed by atoms with Gasteiger partial charge in [0, 0.05) is 22.9 Å². The van der Waals surface area contributed by atoms with E-state index in [1.807, 2.05) is 29.0 Å². The first-order chi connectivity index (χ1) is 12.7. The van der Waals surface area contributed by atoms with E-state index in [1.54, 1.807) is 42.7 Å². The fraction of sp³-hybridized carbons (Fsp3) is 0.158. The second-order valence-corrected chi connectivity index (χ2v) is 7.72. The highest BCUT2D eigenvalue weighted by molar-refractivity contribution is 7.12. The summed E-state index contributed by atoms with van der Waals surface area (Å²) in [6, 6.07) is 12.6. The first kappa shape index (κ1) is 16.8. The number of phenols is 1. The van der Waals surface area contributed by atoms with Crippen LogP contribution in [0.25, 0.3) is 0 Å². The molecule has 26 heavy (non-hydrogen) atoms. The molecule has 0 unspecified atom stereocenters. The second-order valence-electron chi connectivity index (χ2n) is 5.79. The summed E-state index contributed by atoms with van der Waals surface area (Å²) in [4.78, 5) is 14.6. The molecule has 7 heteroatoms. The van der Waals surface area contributed by atoms with Crippen molar-refractivity contribution in [2.75, 3.05) is 7.11 Å². The van der Waals surface area contributed by atoms with E-state index in [4.69, 9.17) is 4.74 Å². The number of aromatic hydroxyl groups is 1. The van der Waals surface area contributed by atoms with Crippen LogP contribution in [0.4, 0.5) is 0 Å². The van der Waals surface area contributed by atoms with Crippen LogP contribution in [0.2, 0.25) is 0 Å². The third-order valence-electron chi connectivity index (χ3n) is 4.24. The minimum atomic E-state index is -0.166. The van der Waals surface area contributed by atoms with Gasteiger partial charge in [0.25, 0.3) is 5.91 Å². The van der Waals surface area contributed by atoms with E-state index in [2.05, 4.69) is 5.10 Å². The smallest absolute Gasteiger partial charge is 0.284 e. The molecule has 0 spiro atoms. The Morgan fingerprint density at radius 3 is 2.69 bits per heavy atom. The number of rotatable bonds is 4. The topological polar surface area (TPSA) is 62.1 Å². The Morgan fingerprint density at radius 1 is 1.23 bits per heavy atom. The predicted molar refractivity (Wildman–Crippen MR) is 103 cm³/mol. The summed E-state index contributed by atoms with van der Waals surface area (Å²) < 4.78 is 5.14. The fourth-order valence-electron chi connectivity index (χ4n) is 2.96. The second kappa shape index (κ2) is 6.93. The molecular formula is C19H16N2O3S2. The predicted octanol–water partition coefficient (Wildman–Crippen LogP) is 4.52.